The Balaban J connectivity index is 1.37. The molecule has 1 aliphatic heterocycles. The van der Waals surface area contributed by atoms with Crippen LogP contribution in [0.25, 0.3) is 0 Å². The van der Waals surface area contributed by atoms with Gasteiger partial charge in [0, 0.05) is 19.5 Å². The Hall–Kier alpha value is -4.15. The molecule has 1 heterocycles. The van der Waals surface area contributed by atoms with Crippen LogP contribution in [0.3, 0.4) is 0 Å². The fraction of sp³-hybridized carbons (Fsp3) is 0.297. The highest BCUT2D eigenvalue weighted by Crippen LogP contribution is 2.37. The van der Waals surface area contributed by atoms with Gasteiger partial charge in [-0.2, -0.15) is 0 Å². The first-order valence-electron chi connectivity index (χ1n) is 15.7. The Labute approximate surface area is 300 Å². The smallest absolute Gasteiger partial charge is 0.253 e. The molecule has 49 heavy (non-hydrogen) atoms. The Morgan fingerprint density at radius 1 is 0.857 bits per heavy atom. The van der Waals surface area contributed by atoms with Crippen molar-refractivity contribution in [3.8, 4) is 23.0 Å². The van der Waals surface area contributed by atoms with E-state index < -0.39 is 18.1 Å². The van der Waals surface area contributed by atoms with E-state index in [1.807, 2.05) is 54.6 Å². The number of carbonyl (C=O) groups excluding carboxylic acids is 2. The van der Waals surface area contributed by atoms with Crippen LogP contribution in [0.5, 0.6) is 23.0 Å². The van der Waals surface area contributed by atoms with Gasteiger partial charge in [0.25, 0.3) is 5.91 Å². The van der Waals surface area contributed by atoms with Crippen LogP contribution in [0, 0.1) is 0 Å². The zero-order valence-corrected chi connectivity index (χ0v) is 29.4. The van der Waals surface area contributed by atoms with Gasteiger partial charge in [0.2, 0.25) is 12.7 Å². The Morgan fingerprint density at radius 2 is 1.59 bits per heavy atom. The lowest BCUT2D eigenvalue weighted by atomic mass is 9.99. The zero-order chi connectivity index (χ0) is 34.9. The van der Waals surface area contributed by atoms with E-state index in [1.54, 1.807) is 23.1 Å². The maximum Gasteiger partial charge on any atom is 0.253 e. The number of hydrogen-bond donors (Lipinski definition) is 2. The molecule has 0 saturated carbocycles. The minimum atomic E-state index is -1.14. The van der Waals surface area contributed by atoms with Crippen molar-refractivity contribution in [2.24, 2.45) is 0 Å². The fourth-order valence-corrected chi connectivity index (χ4v) is 6.24. The van der Waals surface area contributed by atoms with Gasteiger partial charge in [-0.3, -0.25) is 9.59 Å². The summed E-state index contributed by atoms with van der Waals surface area (Å²) in [6.07, 6.45) is 0.246. The predicted octanol–water partition coefficient (Wildman–Crippen LogP) is 6.80. The van der Waals surface area contributed by atoms with E-state index in [2.05, 4.69) is 5.32 Å². The molecule has 0 fully saturated rings. The second-order valence-corrected chi connectivity index (χ2v) is 12.7. The minimum Gasteiger partial charge on any atom is -0.493 e. The van der Waals surface area contributed by atoms with Crippen molar-refractivity contribution in [2.45, 2.75) is 37.8 Å². The molecular formula is C37H37Cl3N2O7. The molecule has 12 heteroatoms. The van der Waals surface area contributed by atoms with Crippen molar-refractivity contribution in [1.29, 1.82) is 0 Å². The van der Waals surface area contributed by atoms with Crippen LogP contribution in [0.2, 0.25) is 15.1 Å². The first kappa shape index (κ1) is 36.1. The number of aryl methyl sites for hydroxylation is 1. The van der Waals surface area contributed by atoms with Gasteiger partial charge in [0.05, 0.1) is 47.0 Å². The second-order valence-electron chi connectivity index (χ2n) is 11.5. The van der Waals surface area contributed by atoms with Crippen LogP contribution in [-0.4, -0.2) is 68.1 Å². The van der Waals surface area contributed by atoms with Crippen molar-refractivity contribution in [3.05, 3.63) is 116 Å². The van der Waals surface area contributed by atoms with Gasteiger partial charge in [0.1, 0.15) is 0 Å². The third-order valence-corrected chi connectivity index (χ3v) is 9.40. The van der Waals surface area contributed by atoms with Gasteiger partial charge >= 0.3 is 0 Å². The summed E-state index contributed by atoms with van der Waals surface area (Å²) < 4.78 is 21.7. The summed E-state index contributed by atoms with van der Waals surface area (Å²) >= 11 is 18.9. The number of nitrogens with one attached hydrogen (secondary N) is 1. The van der Waals surface area contributed by atoms with Crippen LogP contribution in [0.4, 0.5) is 0 Å². The first-order chi connectivity index (χ1) is 23.7. The lowest BCUT2D eigenvalue weighted by Crippen LogP contribution is -2.51. The predicted molar refractivity (Wildman–Crippen MR) is 190 cm³/mol. The monoisotopic (exact) mass is 726 g/mol. The second kappa shape index (κ2) is 17.0. The highest BCUT2D eigenvalue weighted by atomic mass is 35.5. The third-order valence-electron chi connectivity index (χ3n) is 8.29. The Morgan fingerprint density at radius 3 is 2.33 bits per heavy atom. The fourth-order valence-electron chi connectivity index (χ4n) is 5.60. The van der Waals surface area contributed by atoms with E-state index in [0.717, 1.165) is 16.7 Å². The Kier molecular flexibility index (Phi) is 12.5. The van der Waals surface area contributed by atoms with Gasteiger partial charge < -0.3 is 34.3 Å². The first-order valence-corrected chi connectivity index (χ1v) is 16.8. The highest BCUT2D eigenvalue weighted by molar-refractivity contribution is 6.42. The molecule has 1 aliphatic rings. The van der Waals surface area contributed by atoms with E-state index in [4.69, 9.17) is 53.8 Å². The van der Waals surface area contributed by atoms with Crippen LogP contribution in [0.1, 0.15) is 33.5 Å². The quantitative estimate of drug-likeness (QED) is 0.139. The van der Waals surface area contributed by atoms with Crippen molar-refractivity contribution in [2.75, 3.05) is 34.1 Å². The summed E-state index contributed by atoms with van der Waals surface area (Å²) in [4.78, 5) is 29.1. The summed E-state index contributed by atoms with van der Waals surface area (Å²) in [5.41, 5.74) is 2.85. The summed E-state index contributed by atoms with van der Waals surface area (Å²) in [6, 6.07) is 22.8. The average Bonchev–Trinajstić information content (AvgIpc) is 3.58. The van der Waals surface area contributed by atoms with E-state index in [0.29, 0.717) is 53.1 Å². The van der Waals surface area contributed by atoms with Crippen molar-refractivity contribution >= 4 is 46.6 Å². The highest BCUT2D eigenvalue weighted by Gasteiger charge is 2.28. The van der Waals surface area contributed by atoms with Gasteiger partial charge in [-0.25, -0.2) is 0 Å². The van der Waals surface area contributed by atoms with E-state index in [-0.39, 0.29) is 42.0 Å². The summed E-state index contributed by atoms with van der Waals surface area (Å²) in [6.45, 7) is 0.431. The molecule has 0 aromatic heterocycles. The summed E-state index contributed by atoms with van der Waals surface area (Å²) in [5.74, 6) is 1.24. The van der Waals surface area contributed by atoms with Crippen molar-refractivity contribution in [3.63, 3.8) is 0 Å². The number of halogens is 3. The number of carbonyl (C=O) groups is 2. The van der Waals surface area contributed by atoms with Crippen LogP contribution in [0.15, 0.2) is 78.9 Å². The number of hydrogen-bond acceptors (Lipinski definition) is 7. The van der Waals surface area contributed by atoms with Crippen molar-refractivity contribution < 1.29 is 33.6 Å². The molecule has 0 spiro atoms. The molecule has 5 rings (SSSR count). The molecule has 0 bridgehead atoms. The molecule has 2 amide bonds. The van der Waals surface area contributed by atoms with Gasteiger partial charge in [0.15, 0.2) is 23.0 Å². The average molecular weight is 728 g/mol. The third kappa shape index (κ3) is 9.30. The molecule has 2 unspecified atom stereocenters. The number of aliphatic hydroxyl groups excluding tert-OH is 1. The number of aliphatic hydroxyl groups is 1. The van der Waals surface area contributed by atoms with E-state index in [1.165, 1.54) is 20.3 Å². The molecule has 2 atom stereocenters. The molecule has 0 aliphatic carbocycles. The zero-order valence-electron chi connectivity index (χ0n) is 27.1. The minimum absolute atomic E-state index is 0.0395. The maximum atomic E-state index is 13.8. The Bertz CT molecular complexity index is 1770. The van der Waals surface area contributed by atoms with Gasteiger partial charge in [-0.15, -0.1) is 0 Å². The van der Waals surface area contributed by atoms with Gasteiger partial charge in [-0.1, -0.05) is 77.3 Å². The van der Waals surface area contributed by atoms with Gasteiger partial charge in [-0.05, 0) is 72.4 Å². The molecule has 2 N–H and O–H groups in total. The molecule has 258 valence electrons. The molecule has 0 saturated heterocycles. The largest absolute Gasteiger partial charge is 0.493 e. The summed E-state index contributed by atoms with van der Waals surface area (Å²) in [7, 11) is 2.91. The number of rotatable bonds is 15. The number of methoxy groups -OCH3 is 2. The van der Waals surface area contributed by atoms with Crippen molar-refractivity contribution in [1.82, 2.24) is 10.2 Å². The summed E-state index contributed by atoms with van der Waals surface area (Å²) in [5, 5.41) is 15.6. The lowest BCUT2D eigenvalue weighted by Gasteiger charge is -2.31. The maximum absolute atomic E-state index is 13.8. The van der Waals surface area contributed by atoms with E-state index in [9.17, 15) is 14.7 Å². The number of amides is 2. The van der Waals surface area contributed by atoms with E-state index >= 15 is 0 Å². The van der Waals surface area contributed by atoms with Crippen LogP contribution in [-0.2, 0) is 24.1 Å². The number of benzene rings is 4. The molecule has 4 aromatic rings. The normalized spacial score (nSPS) is 13.0. The topological polar surface area (TPSA) is 107 Å². The van der Waals surface area contributed by atoms with Crippen LogP contribution >= 0.6 is 34.8 Å². The van der Waals surface area contributed by atoms with Crippen LogP contribution < -0.4 is 24.3 Å². The molecule has 9 nitrogen and oxygen atoms in total. The number of ether oxygens (including phenoxy) is 4. The SMILES string of the molecule is COc1ccc(C(=O)NC(Cc2ccccc2)C(O)CN(CCc2ccc3c(c2)OCO3)C(=O)CCc2ccc(Cl)c(Cl)c2)c(Cl)c1OC. The molecule has 0 radical (unpaired) electrons. The molecular weight excluding hydrogens is 691 g/mol. The molecule has 4 aromatic carbocycles. The number of fused-ring (bicyclic) bond motifs is 1. The lowest BCUT2D eigenvalue weighted by molar-refractivity contribution is -0.132. The standard InChI is InChI=1S/C37H37Cl3N2O7/c1-46-32-14-11-26(35(40)36(32)47-2)37(45)41-29(19-23-6-4-3-5-7-23)30(43)21-42(17-16-25-9-13-31-33(20-25)49-22-48-31)34(44)15-10-24-8-12-27(38)28(39)18-24/h3-9,11-14,18,20,29-30,43H,10,15-17,19,21-22H2,1-2H3,(H,41,45). The number of nitrogens with zero attached hydrogens (tertiary/aromatic N) is 1.